The molecule has 0 radical (unpaired) electrons. The lowest BCUT2D eigenvalue weighted by molar-refractivity contribution is 0.477. The van der Waals surface area contributed by atoms with Crippen molar-refractivity contribution in [1.82, 2.24) is 0 Å². The smallest absolute Gasteiger partial charge is 0.135 e. The highest BCUT2D eigenvalue weighted by Gasteiger charge is 2.03. The average molecular weight is 338 g/mol. The second-order valence-corrected chi connectivity index (χ2v) is 5.98. The number of hydrogen-bond donors (Lipinski definition) is 1. The summed E-state index contributed by atoms with van der Waals surface area (Å²) in [6, 6.07) is 33.4. The molecule has 1 heterocycles. The van der Waals surface area contributed by atoms with Crippen LogP contribution in [0.2, 0.25) is 0 Å². The first-order valence-corrected chi connectivity index (χ1v) is 8.52. The van der Waals surface area contributed by atoms with Crippen molar-refractivity contribution < 1.29 is 9.52 Å². The Balaban J connectivity index is 0.000000129. The minimum absolute atomic E-state index is 0.328. The first-order chi connectivity index (χ1) is 12.8. The summed E-state index contributed by atoms with van der Waals surface area (Å²) in [5, 5.41) is 11.9. The summed E-state index contributed by atoms with van der Waals surface area (Å²) in [5.41, 5.74) is 3.84. The molecule has 0 aliphatic rings. The van der Waals surface area contributed by atoms with Crippen molar-refractivity contribution in [3.8, 4) is 16.9 Å². The van der Waals surface area contributed by atoms with E-state index in [4.69, 9.17) is 4.42 Å². The van der Waals surface area contributed by atoms with Crippen LogP contribution in [-0.2, 0) is 0 Å². The number of furan rings is 1. The molecule has 1 aromatic heterocycles. The zero-order chi connectivity index (χ0) is 17.8. The molecule has 0 unspecified atom stereocenters. The van der Waals surface area contributed by atoms with Gasteiger partial charge < -0.3 is 9.52 Å². The molecule has 2 heteroatoms. The van der Waals surface area contributed by atoms with Crippen LogP contribution in [0.1, 0.15) is 0 Å². The predicted octanol–water partition coefficient (Wildman–Crippen LogP) is 6.65. The van der Waals surface area contributed by atoms with E-state index in [1.807, 2.05) is 84.9 Å². The molecule has 4 aromatic carbocycles. The summed E-state index contributed by atoms with van der Waals surface area (Å²) in [4.78, 5) is 0. The van der Waals surface area contributed by atoms with Crippen molar-refractivity contribution in [2.45, 2.75) is 0 Å². The highest BCUT2D eigenvalue weighted by molar-refractivity contribution is 6.04. The van der Waals surface area contributed by atoms with E-state index in [-0.39, 0.29) is 0 Å². The van der Waals surface area contributed by atoms with E-state index in [2.05, 4.69) is 12.1 Å². The van der Waals surface area contributed by atoms with Gasteiger partial charge in [-0.05, 0) is 23.8 Å². The van der Waals surface area contributed by atoms with Crippen molar-refractivity contribution in [3.63, 3.8) is 0 Å². The molecule has 5 rings (SSSR count). The number of para-hydroxylation sites is 3. The van der Waals surface area contributed by atoms with Crippen LogP contribution >= 0.6 is 0 Å². The van der Waals surface area contributed by atoms with Crippen molar-refractivity contribution in [2.75, 3.05) is 0 Å². The number of phenols is 1. The maximum Gasteiger partial charge on any atom is 0.135 e. The zero-order valence-electron chi connectivity index (χ0n) is 14.2. The molecule has 0 amide bonds. The van der Waals surface area contributed by atoms with Gasteiger partial charge >= 0.3 is 0 Å². The maximum atomic E-state index is 9.56. The highest BCUT2D eigenvalue weighted by Crippen LogP contribution is 2.28. The van der Waals surface area contributed by atoms with Crippen LogP contribution in [0.15, 0.2) is 108 Å². The Morgan fingerprint density at radius 3 is 1.62 bits per heavy atom. The van der Waals surface area contributed by atoms with Crippen LogP contribution in [0, 0.1) is 0 Å². The van der Waals surface area contributed by atoms with E-state index < -0.39 is 0 Å². The predicted molar refractivity (Wildman–Crippen MR) is 107 cm³/mol. The molecule has 0 atom stereocenters. The van der Waals surface area contributed by atoms with Crippen molar-refractivity contribution in [3.05, 3.63) is 103 Å². The quantitative estimate of drug-likeness (QED) is 0.371. The Morgan fingerprint density at radius 1 is 0.500 bits per heavy atom. The molecule has 2 nitrogen and oxygen atoms in total. The lowest BCUT2D eigenvalue weighted by Crippen LogP contribution is -1.76. The second kappa shape index (κ2) is 7.16. The first kappa shape index (κ1) is 16.0. The van der Waals surface area contributed by atoms with Crippen LogP contribution in [0.4, 0.5) is 0 Å². The van der Waals surface area contributed by atoms with Gasteiger partial charge in [0.1, 0.15) is 16.9 Å². The third-order valence-electron chi connectivity index (χ3n) is 4.27. The minimum Gasteiger partial charge on any atom is -0.507 e. The van der Waals surface area contributed by atoms with Gasteiger partial charge in [0.25, 0.3) is 0 Å². The fourth-order valence-corrected chi connectivity index (χ4v) is 3.01. The van der Waals surface area contributed by atoms with E-state index >= 15 is 0 Å². The molecule has 0 aliphatic heterocycles. The molecular weight excluding hydrogens is 320 g/mol. The molecule has 1 N–H and O–H groups in total. The van der Waals surface area contributed by atoms with Gasteiger partial charge in [-0.2, -0.15) is 0 Å². The Bertz CT molecular complexity index is 1090. The average Bonchev–Trinajstić information content (AvgIpc) is 3.08. The SMILES string of the molecule is Oc1ccccc1-c1ccccc1.c1ccc2c(c1)oc1ccccc12. The Labute approximate surface area is 152 Å². The second-order valence-electron chi connectivity index (χ2n) is 5.98. The molecule has 0 bridgehead atoms. The number of hydrogen-bond acceptors (Lipinski definition) is 2. The van der Waals surface area contributed by atoms with Crippen LogP contribution in [0.3, 0.4) is 0 Å². The van der Waals surface area contributed by atoms with Crippen molar-refractivity contribution >= 4 is 21.9 Å². The molecule has 0 saturated heterocycles. The van der Waals surface area contributed by atoms with Gasteiger partial charge in [0.2, 0.25) is 0 Å². The van der Waals surface area contributed by atoms with E-state index in [1.165, 1.54) is 10.8 Å². The minimum atomic E-state index is 0.328. The topological polar surface area (TPSA) is 33.4 Å². The molecule has 0 saturated carbocycles. The summed E-state index contributed by atoms with van der Waals surface area (Å²) >= 11 is 0. The van der Waals surface area contributed by atoms with Crippen LogP contribution in [0.5, 0.6) is 5.75 Å². The Hall–Kier alpha value is -3.52. The molecule has 5 aromatic rings. The van der Waals surface area contributed by atoms with Crippen LogP contribution in [-0.4, -0.2) is 5.11 Å². The lowest BCUT2D eigenvalue weighted by atomic mass is 10.1. The molecule has 0 spiro atoms. The van der Waals surface area contributed by atoms with E-state index in [0.717, 1.165) is 22.3 Å². The van der Waals surface area contributed by atoms with E-state index in [0.29, 0.717) is 5.75 Å². The summed E-state index contributed by atoms with van der Waals surface area (Å²) in [5.74, 6) is 0.328. The fourth-order valence-electron chi connectivity index (χ4n) is 3.01. The zero-order valence-corrected chi connectivity index (χ0v) is 14.2. The van der Waals surface area contributed by atoms with Crippen LogP contribution in [0.25, 0.3) is 33.1 Å². The van der Waals surface area contributed by atoms with Gasteiger partial charge in [-0.3, -0.25) is 0 Å². The van der Waals surface area contributed by atoms with E-state index in [9.17, 15) is 5.11 Å². The van der Waals surface area contributed by atoms with Gasteiger partial charge in [0.15, 0.2) is 0 Å². The monoisotopic (exact) mass is 338 g/mol. The number of benzene rings is 4. The van der Waals surface area contributed by atoms with Gasteiger partial charge in [0, 0.05) is 16.3 Å². The van der Waals surface area contributed by atoms with Gasteiger partial charge in [-0.1, -0.05) is 84.9 Å². The molecule has 26 heavy (non-hydrogen) atoms. The molecule has 126 valence electrons. The largest absolute Gasteiger partial charge is 0.507 e. The van der Waals surface area contributed by atoms with Gasteiger partial charge in [0.05, 0.1) is 0 Å². The lowest BCUT2D eigenvalue weighted by Gasteiger charge is -2.02. The highest BCUT2D eigenvalue weighted by atomic mass is 16.3. The summed E-state index contributed by atoms with van der Waals surface area (Å²) < 4.78 is 5.65. The Kier molecular flexibility index (Phi) is 4.40. The first-order valence-electron chi connectivity index (χ1n) is 8.52. The summed E-state index contributed by atoms with van der Waals surface area (Å²) in [7, 11) is 0. The maximum absolute atomic E-state index is 9.56. The molecule has 0 fully saturated rings. The molecular formula is C24H18O2. The molecule has 0 aliphatic carbocycles. The summed E-state index contributed by atoms with van der Waals surface area (Å²) in [6.45, 7) is 0. The fraction of sp³-hybridized carbons (Fsp3) is 0. The summed E-state index contributed by atoms with van der Waals surface area (Å²) in [6.07, 6.45) is 0. The number of phenolic OH excluding ortho intramolecular Hbond substituents is 1. The number of rotatable bonds is 1. The van der Waals surface area contributed by atoms with Crippen molar-refractivity contribution in [1.29, 1.82) is 0 Å². The third-order valence-corrected chi connectivity index (χ3v) is 4.27. The number of aromatic hydroxyl groups is 1. The standard InChI is InChI=1S/C12H8O.C12H10O/c1-3-7-11-9(5-1)10-6-2-4-8-12(10)13-11;13-12-9-5-4-8-11(12)10-6-2-1-3-7-10/h1-8H;1-9,13H. The normalized spacial score (nSPS) is 10.5. The van der Waals surface area contributed by atoms with Crippen LogP contribution < -0.4 is 0 Å². The van der Waals surface area contributed by atoms with Gasteiger partial charge in [-0.15, -0.1) is 0 Å². The van der Waals surface area contributed by atoms with Crippen molar-refractivity contribution in [2.24, 2.45) is 0 Å². The number of fused-ring (bicyclic) bond motifs is 3. The van der Waals surface area contributed by atoms with E-state index in [1.54, 1.807) is 6.07 Å². The Morgan fingerprint density at radius 2 is 1.00 bits per heavy atom. The third kappa shape index (κ3) is 3.17. The van der Waals surface area contributed by atoms with Gasteiger partial charge in [-0.25, -0.2) is 0 Å².